The molecule has 1 aliphatic heterocycles. The Bertz CT molecular complexity index is 261. The van der Waals surface area contributed by atoms with Crippen LogP contribution in [0.2, 0.25) is 0 Å². The second kappa shape index (κ2) is 4.33. The molecule has 1 heterocycles. The van der Waals surface area contributed by atoms with Gasteiger partial charge in [-0.25, -0.2) is 4.79 Å². The van der Waals surface area contributed by atoms with E-state index in [2.05, 4.69) is 6.58 Å². The van der Waals surface area contributed by atoms with E-state index in [4.69, 9.17) is 15.2 Å². The zero-order valence-electron chi connectivity index (χ0n) is 8.78. The Morgan fingerprint density at radius 2 is 2.13 bits per heavy atom. The molecule has 15 heavy (non-hydrogen) atoms. The van der Waals surface area contributed by atoms with E-state index in [-0.39, 0.29) is 18.1 Å². The summed E-state index contributed by atoms with van der Waals surface area (Å²) in [6.45, 7) is 3.61. The van der Waals surface area contributed by atoms with Crippen LogP contribution in [0.5, 0.6) is 0 Å². The van der Waals surface area contributed by atoms with Crippen molar-refractivity contribution in [3.8, 4) is 0 Å². The van der Waals surface area contributed by atoms with E-state index in [0.29, 0.717) is 12.0 Å². The van der Waals surface area contributed by atoms with Gasteiger partial charge >= 0.3 is 5.97 Å². The molecule has 0 aromatic heterocycles. The van der Waals surface area contributed by atoms with Crippen molar-refractivity contribution >= 4 is 5.97 Å². The molecule has 0 aromatic rings. The summed E-state index contributed by atoms with van der Waals surface area (Å²) in [6, 6.07) is 0.0753. The Hall–Kier alpha value is -0.870. The monoisotopic (exact) mass is 211 g/mol. The number of esters is 1. The average molecular weight is 211 g/mol. The SMILES string of the molecule is C=C1C[C@@H](OC2CCCCC2N)OC1=O. The van der Waals surface area contributed by atoms with Crippen molar-refractivity contribution in [3.05, 3.63) is 12.2 Å². The fourth-order valence-corrected chi connectivity index (χ4v) is 2.09. The van der Waals surface area contributed by atoms with Crippen LogP contribution in [0, 0.1) is 0 Å². The molecule has 2 rings (SSSR count). The van der Waals surface area contributed by atoms with Crippen molar-refractivity contribution in [2.45, 2.75) is 50.5 Å². The van der Waals surface area contributed by atoms with E-state index in [9.17, 15) is 4.79 Å². The molecular weight excluding hydrogens is 194 g/mol. The molecule has 2 N–H and O–H groups in total. The topological polar surface area (TPSA) is 61.6 Å². The highest BCUT2D eigenvalue weighted by molar-refractivity contribution is 5.89. The lowest BCUT2D eigenvalue weighted by Gasteiger charge is -2.30. The molecule has 2 unspecified atom stereocenters. The van der Waals surface area contributed by atoms with E-state index in [1.54, 1.807) is 0 Å². The van der Waals surface area contributed by atoms with E-state index in [1.165, 1.54) is 0 Å². The first-order valence-corrected chi connectivity index (χ1v) is 5.46. The molecule has 4 heteroatoms. The smallest absolute Gasteiger partial charge is 0.335 e. The standard InChI is InChI=1S/C11H17NO3/c1-7-6-10(15-11(7)13)14-9-5-3-2-4-8(9)12/h8-10H,1-6,12H2/t8?,9?,10-/m0/s1. The number of rotatable bonds is 2. The summed E-state index contributed by atoms with van der Waals surface area (Å²) >= 11 is 0. The van der Waals surface area contributed by atoms with E-state index in [1.807, 2.05) is 0 Å². The zero-order chi connectivity index (χ0) is 10.8. The van der Waals surface area contributed by atoms with Crippen molar-refractivity contribution in [1.29, 1.82) is 0 Å². The van der Waals surface area contributed by atoms with Gasteiger partial charge in [0.05, 0.1) is 6.10 Å². The summed E-state index contributed by atoms with van der Waals surface area (Å²) in [5, 5.41) is 0. The lowest BCUT2D eigenvalue weighted by Crippen LogP contribution is -2.41. The molecular formula is C11H17NO3. The van der Waals surface area contributed by atoms with Gasteiger partial charge in [0.1, 0.15) is 0 Å². The van der Waals surface area contributed by atoms with Gasteiger partial charge in [0.15, 0.2) is 0 Å². The van der Waals surface area contributed by atoms with Crippen LogP contribution >= 0.6 is 0 Å². The Morgan fingerprint density at radius 1 is 1.40 bits per heavy atom. The number of hydrogen-bond acceptors (Lipinski definition) is 4. The van der Waals surface area contributed by atoms with Crippen molar-refractivity contribution in [2.75, 3.05) is 0 Å². The van der Waals surface area contributed by atoms with E-state index >= 15 is 0 Å². The van der Waals surface area contributed by atoms with Crippen LogP contribution in [-0.4, -0.2) is 24.4 Å². The molecule has 3 atom stereocenters. The maximum Gasteiger partial charge on any atom is 0.335 e. The molecule has 4 nitrogen and oxygen atoms in total. The van der Waals surface area contributed by atoms with Crippen LogP contribution in [0.3, 0.4) is 0 Å². The van der Waals surface area contributed by atoms with Gasteiger partial charge in [0, 0.05) is 18.0 Å². The third-order valence-electron chi connectivity index (χ3n) is 3.02. The van der Waals surface area contributed by atoms with Gasteiger partial charge < -0.3 is 15.2 Å². The predicted molar refractivity (Wildman–Crippen MR) is 55.0 cm³/mol. The maximum absolute atomic E-state index is 11.1. The van der Waals surface area contributed by atoms with Crippen LogP contribution in [0.4, 0.5) is 0 Å². The number of ether oxygens (including phenoxy) is 2. The van der Waals surface area contributed by atoms with Gasteiger partial charge in [0.2, 0.25) is 6.29 Å². The second-order valence-corrected chi connectivity index (χ2v) is 4.27. The Balaban J connectivity index is 1.86. The summed E-state index contributed by atoms with van der Waals surface area (Å²) in [5.74, 6) is -0.343. The Labute approximate surface area is 89.4 Å². The van der Waals surface area contributed by atoms with Crippen LogP contribution in [0.1, 0.15) is 32.1 Å². The number of cyclic esters (lactones) is 1. The summed E-state index contributed by atoms with van der Waals surface area (Å²) in [6.07, 6.45) is 4.30. The molecule has 0 spiro atoms. The van der Waals surface area contributed by atoms with Gasteiger partial charge in [-0.2, -0.15) is 0 Å². The Morgan fingerprint density at radius 3 is 2.73 bits per heavy atom. The number of nitrogens with two attached hydrogens (primary N) is 1. The molecule has 0 amide bonds. The first-order valence-electron chi connectivity index (χ1n) is 5.46. The average Bonchev–Trinajstić information content (AvgIpc) is 2.50. The van der Waals surface area contributed by atoms with Gasteiger partial charge in [-0.3, -0.25) is 0 Å². The second-order valence-electron chi connectivity index (χ2n) is 4.27. The minimum Gasteiger partial charge on any atom is -0.432 e. The fraction of sp³-hybridized carbons (Fsp3) is 0.727. The van der Waals surface area contributed by atoms with Crippen LogP contribution < -0.4 is 5.73 Å². The predicted octanol–water partition coefficient (Wildman–Crippen LogP) is 1.10. The van der Waals surface area contributed by atoms with Crippen LogP contribution in [-0.2, 0) is 14.3 Å². The third kappa shape index (κ3) is 2.38. The van der Waals surface area contributed by atoms with Crippen molar-refractivity contribution in [2.24, 2.45) is 5.73 Å². The molecule has 2 fully saturated rings. The van der Waals surface area contributed by atoms with Crippen LogP contribution in [0.25, 0.3) is 0 Å². The fourth-order valence-electron chi connectivity index (χ4n) is 2.09. The summed E-state index contributed by atoms with van der Waals surface area (Å²) in [5.41, 5.74) is 6.43. The quantitative estimate of drug-likeness (QED) is 0.549. The van der Waals surface area contributed by atoms with Gasteiger partial charge in [0.25, 0.3) is 0 Å². The van der Waals surface area contributed by atoms with Crippen molar-refractivity contribution < 1.29 is 14.3 Å². The molecule has 1 saturated carbocycles. The van der Waals surface area contributed by atoms with E-state index in [0.717, 1.165) is 25.7 Å². The van der Waals surface area contributed by atoms with Crippen LogP contribution in [0.15, 0.2) is 12.2 Å². The number of hydrogen-bond donors (Lipinski definition) is 1. The first kappa shape index (κ1) is 10.6. The number of carbonyl (C=O) groups excluding carboxylic acids is 1. The minimum atomic E-state index is -0.459. The van der Waals surface area contributed by atoms with Gasteiger partial charge in [-0.15, -0.1) is 0 Å². The summed E-state index contributed by atoms with van der Waals surface area (Å²) in [7, 11) is 0. The molecule has 2 aliphatic rings. The van der Waals surface area contributed by atoms with Gasteiger partial charge in [-0.05, 0) is 12.8 Å². The Kier molecular flexibility index (Phi) is 3.07. The van der Waals surface area contributed by atoms with Crippen molar-refractivity contribution in [1.82, 2.24) is 0 Å². The molecule has 0 radical (unpaired) electrons. The third-order valence-corrected chi connectivity index (χ3v) is 3.02. The molecule has 0 bridgehead atoms. The molecule has 1 aliphatic carbocycles. The maximum atomic E-state index is 11.1. The first-order chi connectivity index (χ1) is 7.16. The normalized spacial score (nSPS) is 36.7. The highest BCUT2D eigenvalue weighted by Crippen LogP contribution is 2.26. The van der Waals surface area contributed by atoms with Gasteiger partial charge in [-0.1, -0.05) is 19.4 Å². The molecule has 0 aromatic carbocycles. The summed E-state index contributed by atoms with van der Waals surface area (Å²) < 4.78 is 10.7. The largest absolute Gasteiger partial charge is 0.432 e. The van der Waals surface area contributed by atoms with Crippen molar-refractivity contribution in [3.63, 3.8) is 0 Å². The zero-order valence-corrected chi connectivity index (χ0v) is 8.78. The minimum absolute atomic E-state index is 0.0300. The highest BCUT2D eigenvalue weighted by Gasteiger charge is 2.32. The summed E-state index contributed by atoms with van der Waals surface area (Å²) in [4.78, 5) is 11.1. The lowest BCUT2D eigenvalue weighted by atomic mass is 9.93. The lowest BCUT2D eigenvalue weighted by molar-refractivity contribution is -0.176. The van der Waals surface area contributed by atoms with E-state index < -0.39 is 6.29 Å². The highest BCUT2D eigenvalue weighted by atomic mass is 16.7. The number of carbonyl (C=O) groups is 1. The molecule has 84 valence electrons. The molecule has 1 saturated heterocycles.